The van der Waals surface area contributed by atoms with E-state index in [9.17, 15) is 50.8 Å². The van der Waals surface area contributed by atoms with E-state index >= 15 is 0 Å². The van der Waals surface area contributed by atoms with Gasteiger partial charge in [0.15, 0.2) is 0 Å². The average Bonchev–Trinajstić information content (AvgIpc) is 2.81. The van der Waals surface area contributed by atoms with Crippen LogP contribution in [0.2, 0.25) is 0 Å². The number of ether oxygens (including phenoxy) is 4. The van der Waals surface area contributed by atoms with Crippen LogP contribution >= 0.6 is 0 Å². The largest absolute Gasteiger partial charge is 0.478 e. The predicted molar refractivity (Wildman–Crippen MR) is 110 cm³/mol. The molecule has 3 heterocycles. The standard InChI is InChI=1S/C21H28O14/c1-4-5(2)8(19(30)31)7-3-6(4)32-20-15(28)9(22)11(24)17(34-20)13(26)14(27)18-12(25)10(23)16(29)21(33-7)35-18/h3,9-18,20-29H,1-2H3,(H,30,31). The summed E-state index contributed by atoms with van der Waals surface area (Å²) in [6.45, 7) is 2.93. The third-order valence-electron chi connectivity index (χ3n) is 6.75. The molecule has 0 spiro atoms. The van der Waals surface area contributed by atoms with Crippen LogP contribution in [0.5, 0.6) is 11.5 Å². The number of aliphatic hydroxyl groups excluding tert-OH is 8. The van der Waals surface area contributed by atoms with E-state index in [0.717, 1.165) is 6.07 Å². The number of aromatic carboxylic acids is 1. The molecule has 196 valence electrons. The minimum absolute atomic E-state index is 0.0781. The van der Waals surface area contributed by atoms with Gasteiger partial charge in [-0.3, -0.25) is 0 Å². The van der Waals surface area contributed by atoms with Crippen molar-refractivity contribution in [1.29, 1.82) is 0 Å². The zero-order valence-electron chi connectivity index (χ0n) is 18.6. The van der Waals surface area contributed by atoms with E-state index in [-0.39, 0.29) is 22.4 Å². The first-order valence-corrected chi connectivity index (χ1v) is 10.8. The van der Waals surface area contributed by atoms with Crippen molar-refractivity contribution in [1.82, 2.24) is 0 Å². The number of hydrogen-bond donors (Lipinski definition) is 9. The number of rotatable bonds is 1. The van der Waals surface area contributed by atoms with Crippen molar-refractivity contribution in [3.63, 3.8) is 0 Å². The van der Waals surface area contributed by atoms with E-state index in [1.54, 1.807) is 0 Å². The number of aliphatic hydroxyl groups is 8. The summed E-state index contributed by atoms with van der Waals surface area (Å²) in [6, 6.07) is 1.10. The molecule has 1 aromatic carbocycles. The lowest BCUT2D eigenvalue weighted by Gasteiger charge is -2.45. The number of benzene rings is 1. The van der Waals surface area contributed by atoms with E-state index < -0.39 is 85.3 Å². The lowest BCUT2D eigenvalue weighted by Crippen LogP contribution is -2.67. The summed E-state index contributed by atoms with van der Waals surface area (Å²) in [4.78, 5) is 12.0. The van der Waals surface area contributed by atoms with Gasteiger partial charge in [-0.15, -0.1) is 0 Å². The van der Waals surface area contributed by atoms with Crippen molar-refractivity contribution < 1.29 is 69.7 Å². The van der Waals surface area contributed by atoms with Gasteiger partial charge in [0.2, 0.25) is 12.6 Å². The molecule has 12 atom stereocenters. The molecule has 3 aliphatic rings. The Kier molecular flexibility index (Phi) is 6.98. The van der Waals surface area contributed by atoms with Gasteiger partial charge in [0.05, 0.1) is 0 Å². The van der Waals surface area contributed by atoms with E-state index in [1.807, 2.05) is 0 Å². The Morgan fingerprint density at radius 2 is 1.03 bits per heavy atom. The normalized spacial score (nSPS) is 43.6. The highest BCUT2D eigenvalue weighted by Crippen LogP contribution is 2.38. The van der Waals surface area contributed by atoms with Gasteiger partial charge in [0, 0.05) is 6.07 Å². The topological polar surface area (TPSA) is 236 Å². The van der Waals surface area contributed by atoms with E-state index in [0.29, 0.717) is 0 Å². The maximum absolute atomic E-state index is 12.0. The SMILES string of the molecule is Cc1c2cc(c(C(=O)O)c1C)OC1OC(C(O)C(O)C1O)C(O)C(O)C1OC(O2)C(O)C(O)C1O. The first-order chi connectivity index (χ1) is 16.3. The Labute approximate surface area is 198 Å². The summed E-state index contributed by atoms with van der Waals surface area (Å²) in [5, 5.41) is 93.4. The van der Waals surface area contributed by atoms with Crippen LogP contribution in [0.3, 0.4) is 0 Å². The molecule has 0 amide bonds. The Morgan fingerprint density at radius 3 is 1.46 bits per heavy atom. The second-order valence-corrected chi connectivity index (χ2v) is 8.90. The quantitative estimate of drug-likeness (QED) is 0.178. The number of hydrogen-bond acceptors (Lipinski definition) is 13. The maximum Gasteiger partial charge on any atom is 0.339 e. The summed E-state index contributed by atoms with van der Waals surface area (Å²) in [5.74, 6) is -1.88. The van der Waals surface area contributed by atoms with Crippen molar-refractivity contribution in [2.75, 3.05) is 0 Å². The summed E-state index contributed by atoms with van der Waals surface area (Å²) < 4.78 is 22.1. The maximum atomic E-state index is 12.0. The first-order valence-electron chi connectivity index (χ1n) is 10.8. The summed E-state index contributed by atoms with van der Waals surface area (Å²) in [7, 11) is 0. The second kappa shape index (κ2) is 9.40. The molecule has 1 aromatic rings. The second-order valence-electron chi connectivity index (χ2n) is 8.90. The van der Waals surface area contributed by atoms with Crippen molar-refractivity contribution in [3.8, 4) is 11.5 Å². The molecule has 14 nitrogen and oxygen atoms in total. The lowest BCUT2D eigenvalue weighted by molar-refractivity contribution is -0.317. The Bertz CT molecular complexity index is 970. The molecule has 2 saturated heterocycles. The summed E-state index contributed by atoms with van der Waals surface area (Å²) in [6.07, 6.45) is -22.8. The van der Waals surface area contributed by atoms with Crippen molar-refractivity contribution >= 4 is 5.97 Å². The van der Waals surface area contributed by atoms with Crippen molar-refractivity contribution in [2.45, 2.75) is 87.5 Å². The fraction of sp³-hybridized carbons (Fsp3) is 0.667. The monoisotopic (exact) mass is 504 g/mol. The van der Waals surface area contributed by atoms with E-state index in [1.165, 1.54) is 13.8 Å². The van der Waals surface area contributed by atoms with Crippen LogP contribution in [0.15, 0.2) is 6.07 Å². The number of carbonyl (C=O) groups is 1. The molecular formula is C21H28O14. The molecule has 12 unspecified atom stereocenters. The van der Waals surface area contributed by atoms with Crippen LogP contribution in [0.25, 0.3) is 0 Å². The highest BCUT2D eigenvalue weighted by Gasteiger charge is 2.54. The zero-order chi connectivity index (χ0) is 25.9. The van der Waals surface area contributed by atoms with Gasteiger partial charge in [0.25, 0.3) is 0 Å². The van der Waals surface area contributed by atoms with Gasteiger partial charge in [-0.2, -0.15) is 0 Å². The van der Waals surface area contributed by atoms with Crippen LogP contribution in [-0.4, -0.2) is 126 Å². The molecule has 9 N–H and O–H groups in total. The lowest BCUT2D eigenvalue weighted by atomic mass is 9.87. The van der Waals surface area contributed by atoms with Gasteiger partial charge in [-0.05, 0) is 25.0 Å². The molecule has 6 bridgehead atoms. The van der Waals surface area contributed by atoms with Gasteiger partial charge >= 0.3 is 5.97 Å². The van der Waals surface area contributed by atoms with Gasteiger partial charge in [-0.25, -0.2) is 4.79 Å². The fourth-order valence-electron chi connectivity index (χ4n) is 4.48. The molecule has 0 radical (unpaired) electrons. The highest BCUT2D eigenvalue weighted by atomic mass is 16.7. The predicted octanol–water partition coefficient (Wildman–Crippen LogP) is -3.89. The molecule has 0 aliphatic carbocycles. The molecule has 3 aliphatic heterocycles. The summed E-state index contributed by atoms with van der Waals surface area (Å²) in [5.41, 5.74) is 0.0816. The Hall–Kier alpha value is -2.11. The Morgan fingerprint density at radius 1 is 0.629 bits per heavy atom. The highest BCUT2D eigenvalue weighted by molar-refractivity contribution is 5.93. The van der Waals surface area contributed by atoms with E-state index in [2.05, 4.69) is 0 Å². The zero-order valence-corrected chi connectivity index (χ0v) is 18.6. The van der Waals surface area contributed by atoms with Crippen LogP contribution in [0.1, 0.15) is 21.5 Å². The van der Waals surface area contributed by atoms with Gasteiger partial charge in [0.1, 0.15) is 78.1 Å². The molecule has 0 saturated carbocycles. The number of carboxylic acids is 1. The van der Waals surface area contributed by atoms with E-state index in [4.69, 9.17) is 18.9 Å². The van der Waals surface area contributed by atoms with Crippen LogP contribution < -0.4 is 9.47 Å². The Balaban J connectivity index is 1.88. The van der Waals surface area contributed by atoms with Crippen LogP contribution in [0.4, 0.5) is 0 Å². The molecular weight excluding hydrogens is 476 g/mol. The molecule has 35 heavy (non-hydrogen) atoms. The van der Waals surface area contributed by atoms with Crippen LogP contribution in [0, 0.1) is 13.8 Å². The number of fused-ring (bicyclic) bond motifs is 6. The molecule has 2 fully saturated rings. The first kappa shape index (κ1) is 26.0. The summed E-state index contributed by atoms with van der Waals surface area (Å²) >= 11 is 0. The minimum atomic E-state index is -2.09. The molecule has 0 aromatic heterocycles. The number of carboxylic acid groups (broad SMARTS) is 1. The third-order valence-corrected chi connectivity index (χ3v) is 6.75. The van der Waals surface area contributed by atoms with Gasteiger partial charge in [-0.1, -0.05) is 0 Å². The smallest absolute Gasteiger partial charge is 0.339 e. The van der Waals surface area contributed by atoms with Crippen molar-refractivity contribution in [2.24, 2.45) is 0 Å². The third kappa shape index (κ3) is 4.25. The minimum Gasteiger partial charge on any atom is -0.478 e. The van der Waals surface area contributed by atoms with Crippen molar-refractivity contribution in [3.05, 3.63) is 22.8 Å². The molecule has 4 rings (SSSR count). The average molecular weight is 504 g/mol. The molecule has 14 heteroatoms. The fourth-order valence-corrected chi connectivity index (χ4v) is 4.48. The van der Waals surface area contributed by atoms with Gasteiger partial charge < -0.3 is 64.9 Å². The van der Waals surface area contributed by atoms with Crippen LogP contribution in [-0.2, 0) is 9.47 Å².